The molecule has 0 bridgehead atoms. The molecule has 1 atom stereocenters. The summed E-state index contributed by atoms with van der Waals surface area (Å²) in [5, 5.41) is 3.08. The average Bonchev–Trinajstić information content (AvgIpc) is 3.08. The van der Waals surface area contributed by atoms with Gasteiger partial charge in [-0.1, -0.05) is 6.07 Å². The highest BCUT2D eigenvalue weighted by molar-refractivity contribution is 9.10. The van der Waals surface area contributed by atoms with E-state index in [9.17, 15) is 4.79 Å². The van der Waals surface area contributed by atoms with Crippen molar-refractivity contribution in [1.29, 1.82) is 0 Å². The van der Waals surface area contributed by atoms with Crippen LogP contribution in [0.3, 0.4) is 0 Å². The normalized spacial score (nSPS) is 14.5. The standard InChI is InChI=1S/C17H18BrNO2S/c1-10(11-6-7-14(21-2)13(18)8-11)19-17(20)16-9-12-4-3-5-15(12)22-16/h6-10H,3-5H2,1-2H3,(H,19,20)/t10-/m1/s1. The molecule has 0 radical (unpaired) electrons. The summed E-state index contributed by atoms with van der Waals surface area (Å²) in [4.78, 5) is 14.6. The van der Waals surface area contributed by atoms with E-state index in [0.717, 1.165) is 33.5 Å². The monoisotopic (exact) mass is 379 g/mol. The maximum atomic E-state index is 12.4. The predicted molar refractivity (Wildman–Crippen MR) is 92.9 cm³/mol. The number of amides is 1. The van der Waals surface area contributed by atoms with E-state index < -0.39 is 0 Å². The van der Waals surface area contributed by atoms with Crippen molar-refractivity contribution in [2.45, 2.75) is 32.2 Å². The van der Waals surface area contributed by atoms with Gasteiger partial charge in [0.15, 0.2) is 0 Å². The van der Waals surface area contributed by atoms with E-state index in [2.05, 4.69) is 27.3 Å². The fourth-order valence-corrected chi connectivity index (χ4v) is 4.46. The summed E-state index contributed by atoms with van der Waals surface area (Å²) in [5.41, 5.74) is 2.40. The molecule has 2 aromatic rings. The summed E-state index contributed by atoms with van der Waals surface area (Å²) in [7, 11) is 1.64. The van der Waals surface area contributed by atoms with Crippen molar-refractivity contribution in [3.63, 3.8) is 0 Å². The number of carbonyl (C=O) groups is 1. The highest BCUT2D eigenvalue weighted by Gasteiger charge is 2.20. The maximum Gasteiger partial charge on any atom is 0.261 e. The molecule has 1 amide bonds. The molecule has 1 heterocycles. The number of benzene rings is 1. The summed E-state index contributed by atoms with van der Waals surface area (Å²) in [6.45, 7) is 1.99. The predicted octanol–water partition coefficient (Wildman–Crippen LogP) is 4.50. The average molecular weight is 380 g/mol. The minimum absolute atomic E-state index is 0.0128. The lowest BCUT2D eigenvalue weighted by atomic mass is 10.1. The van der Waals surface area contributed by atoms with Gasteiger partial charge in [0.1, 0.15) is 5.75 Å². The van der Waals surface area contributed by atoms with Crippen molar-refractivity contribution in [2.24, 2.45) is 0 Å². The van der Waals surface area contributed by atoms with Crippen LogP contribution in [0.1, 0.15) is 45.1 Å². The maximum absolute atomic E-state index is 12.4. The Morgan fingerprint density at radius 2 is 2.18 bits per heavy atom. The lowest BCUT2D eigenvalue weighted by Gasteiger charge is -2.15. The topological polar surface area (TPSA) is 38.3 Å². The summed E-state index contributed by atoms with van der Waals surface area (Å²) >= 11 is 5.12. The van der Waals surface area contributed by atoms with E-state index >= 15 is 0 Å². The number of nitrogens with one attached hydrogen (secondary N) is 1. The van der Waals surface area contributed by atoms with Crippen LogP contribution in [0.15, 0.2) is 28.7 Å². The van der Waals surface area contributed by atoms with Gasteiger partial charge in [0.05, 0.1) is 22.5 Å². The van der Waals surface area contributed by atoms with Gasteiger partial charge < -0.3 is 10.1 Å². The smallest absolute Gasteiger partial charge is 0.261 e. The molecule has 0 saturated carbocycles. The number of ether oxygens (including phenoxy) is 1. The summed E-state index contributed by atoms with van der Waals surface area (Å²) in [6, 6.07) is 7.87. The molecule has 0 saturated heterocycles. The number of fused-ring (bicyclic) bond motifs is 1. The van der Waals surface area contributed by atoms with Crippen molar-refractivity contribution in [3.8, 4) is 5.75 Å². The van der Waals surface area contributed by atoms with Crippen LogP contribution in [0.5, 0.6) is 5.75 Å². The van der Waals surface area contributed by atoms with Gasteiger partial charge in [-0.3, -0.25) is 4.79 Å². The van der Waals surface area contributed by atoms with E-state index in [1.54, 1.807) is 18.4 Å². The second kappa shape index (κ2) is 6.42. The molecule has 0 unspecified atom stereocenters. The van der Waals surface area contributed by atoms with Crippen LogP contribution in [0.4, 0.5) is 0 Å². The van der Waals surface area contributed by atoms with Gasteiger partial charge in [-0.2, -0.15) is 0 Å². The Labute approximate surface area is 142 Å². The number of methoxy groups -OCH3 is 1. The van der Waals surface area contributed by atoms with E-state index in [1.165, 1.54) is 16.9 Å². The van der Waals surface area contributed by atoms with Crippen molar-refractivity contribution in [2.75, 3.05) is 7.11 Å². The van der Waals surface area contributed by atoms with Crippen LogP contribution >= 0.6 is 27.3 Å². The molecule has 3 rings (SSSR count). The minimum Gasteiger partial charge on any atom is -0.496 e. The second-order valence-electron chi connectivity index (χ2n) is 5.50. The number of hydrogen-bond acceptors (Lipinski definition) is 3. The SMILES string of the molecule is COc1ccc([C@@H](C)NC(=O)c2cc3c(s2)CCC3)cc1Br. The Balaban J connectivity index is 1.71. The van der Waals surface area contributed by atoms with Crippen LogP contribution in [-0.4, -0.2) is 13.0 Å². The number of carbonyl (C=O) groups excluding carboxylic acids is 1. The van der Waals surface area contributed by atoms with Crippen molar-refractivity contribution < 1.29 is 9.53 Å². The van der Waals surface area contributed by atoms with E-state index in [4.69, 9.17) is 4.74 Å². The first kappa shape index (κ1) is 15.6. The lowest BCUT2D eigenvalue weighted by Crippen LogP contribution is -2.25. The zero-order valence-corrected chi connectivity index (χ0v) is 15.0. The molecule has 5 heteroatoms. The first-order chi connectivity index (χ1) is 10.6. The van der Waals surface area contributed by atoms with Crippen LogP contribution in [0.25, 0.3) is 0 Å². The van der Waals surface area contributed by atoms with Crippen LogP contribution in [0.2, 0.25) is 0 Å². The summed E-state index contributed by atoms with van der Waals surface area (Å²) in [5.74, 6) is 0.802. The zero-order valence-electron chi connectivity index (χ0n) is 12.6. The van der Waals surface area contributed by atoms with Gasteiger partial charge >= 0.3 is 0 Å². The third kappa shape index (κ3) is 3.06. The van der Waals surface area contributed by atoms with E-state index in [-0.39, 0.29) is 11.9 Å². The molecular formula is C17H18BrNO2S. The Hall–Kier alpha value is -1.33. The van der Waals surface area contributed by atoms with Gasteiger partial charge in [0.2, 0.25) is 0 Å². The van der Waals surface area contributed by atoms with E-state index in [1.807, 2.05) is 25.1 Å². The van der Waals surface area contributed by atoms with Gasteiger partial charge in [0.25, 0.3) is 5.91 Å². The molecule has 1 N–H and O–H groups in total. The zero-order chi connectivity index (χ0) is 15.7. The first-order valence-corrected chi connectivity index (χ1v) is 8.95. The molecular weight excluding hydrogens is 362 g/mol. The van der Waals surface area contributed by atoms with Gasteiger partial charge in [0, 0.05) is 4.88 Å². The lowest BCUT2D eigenvalue weighted by molar-refractivity contribution is 0.0944. The number of hydrogen-bond donors (Lipinski definition) is 1. The Morgan fingerprint density at radius 3 is 2.86 bits per heavy atom. The molecule has 1 aliphatic rings. The highest BCUT2D eigenvalue weighted by Crippen LogP contribution is 2.31. The quantitative estimate of drug-likeness (QED) is 0.848. The largest absolute Gasteiger partial charge is 0.496 e. The summed E-state index contributed by atoms with van der Waals surface area (Å²) in [6.07, 6.45) is 3.45. The van der Waals surface area contributed by atoms with Gasteiger partial charge in [-0.05, 0) is 71.4 Å². The molecule has 22 heavy (non-hydrogen) atoms. The van der Waals surface area contributed by atoms with Crippen molar-refractivity contribution >= 4 is 33.2 Å². The Kier molecular flexibility index (Phi) is 4.54. The molecule has 1 aromatic carbocycles. The molecule has 3 nitrogen and oxygen atoms in total. The molecule has 0 aliphatic heterocycles. The number of aryl methyl sites for hydroxylation is 2. The first-order valence-electron chi connectivity index (χ1n) is 7.34. The third-order valence-electron chi connectivity index (χ3n) is 3.99. The number of thiophene rings is 1. The molecule has 116 valence electrons. The molecule has 0 fully saturated rings. The van der Waals surface area contributed by atoms with Crippen LogP contribution in [0, 0.1) is 0 Å². The van der Waals surface area contributed by atoms with Crippen LogP contribution < -0.4 is 10.1 Å². The summed E-state index contributed by atoms with van der Waals surface area (Å²) < 4.78 is 6.12. The number of halogens is 1. The minimum atomic E-state index is -0.0494. The van der Waals surface area contributed by atoms with Crippen molar-refractivity contribution in [3.05, 3.63) is 49.6 Å². The molecule has 1 aromatic heterocycles. The van der Waals surface area contributed by atoms with Gasteiger partial charge in [-0.15, -0.1) is 11.3 Å². The number of rotatable bonds is 4. The molecule has 1 aliphatic carbocycles. The van der Waals surface area contributed by atoms with E-state index in [0.29, 0.717) is 0 Å². The Morgan fingerprint density at radius 1 is 1.36 bits per heavy atom. The van der Waals surface area contributed by atoms with Gasteiger partial charge in [-0.25, -0.2) is 0 Å². The molecule has 0 spiro atoms. The van der Waals surface area contributed by atoms with Crippen LogP contribution in [-0.2, 0) is 12.8 Å². The second-order valence-corrected chi connectivity index (χ2v) is 7.49. The Bertz CT molecular complexity index is 689. The fourth-order valence-electron chi connectivity index (χ4n) is 2.74. The third-order valence-corrected chi connectivity index (χ3v) is 5.85. The fraction of sp³-hybridized carbons (Fsp3) is 0.353. The van der Waals surface area contributed by atoms with Crippen molar-refractivity contribution in [1.82, 2.24) is 5.32 Å². The highest BCUT2D eigenvalue weighted by atomic mass is 79.9.